The Morgan fingerprint density at radius 3 is 2.48 bits per heavy atom. The van der Waals surface area contributed by atoms with Crippen molar-refractivity contribution in [2.45, 2.75) is 19.8 Å². The van der Waals surface area contributed by atoms with Crippen molar-refractivity contribution >= 4 is 11.6 Å². The summed E-state index contributed by atoms with van der Waals surface area (Å²) in [5.41, 5.74) is 1.83. The van der Waals surface area contributed by atoms with Crippen LogP contribution in [-0.2, 0) is 4.79 Å². The van der Waals surface area contributed by atoms with Crippen molar-refractivity contribution in [2.75, 3.05) is 0 Å². The van der Waals surface area contributed by atoms with E-state index in [-0.39, 0.29) is 28.4 Å². The minimum Gasteiger partial charge on any atom is -0.507 e. The normalized spacial score (nSPS) is 16.2. The van der Waals surface area contributed by atoms with Gasteiger partial charge in [-0.15, -0.1) is 0 Å². The van der Waals surface area contributed by atoms with Gasteiger partial charge in [0.25, 0.3) is 0 Å². The molecule has 3 rings (SSSR count). The van der Waals surface area contributed by atoms with Gasteiger partial charge in [0.05, 0.1) is 17.0 Å². The first kappa shape index (κ1) is 16.7. The van der Waals surface area contributed by atoms with Crippen LogP contribution in [0, 0.1) is 6.92 Å². The molecule has 1 aliphatic rings. The molecule has 0 bridgehead atoms. The molecule has 0 aliphatic heterocycles. The molecule has 4 heteroatoms. The summed E-state index contributed by atoms with van der Waals surface area (Å²) in [6, 6.07) is 7.91. The molecule has 0 saturated carbocycles. The van der Waals surface area contributed by atoms with E-state index in [2.05, 4.69) is 0 Å². The molecule has 4 nitrogen and oxygen atoms in total. The fraction of sp³-hybridized carbons (Fsp3) is 0.143. The van der Waals surface area contributed by atoms with Crippen LogP contribution >= 0.6 is 0 Å². The van der Waals surface area contributed by atoms with Gasteiger partial charge in [-0.2, -0.15) is 0 Å². The number of benzene rings is 2. The highest BCUT2D eigenvalue weighted by molar-refractivity contribution is 6.18. The van der Waals surface area contributed by atoms with Crippen LogP contribution in [0.3, 0.4) is 0 Å². The Morgan fingerprint density at radius 1 is 1.04 bits per heavy atom. The molecule has 2 N–H and O–H groups in total. The highest BCUT2D eigenvalue weighted by Crippen LogP contribution is 2.43. The van der Waals surface area contributed by atoms with Crippen LogP contribution in [0.2, 0.25) is 0 Å². The highest BCUT2D eigenvalue weighted by Gasteiger charge is 2.37. The molecule has 1 aliphatic carbocycles. The second-order valence-corrected chi connectivity index (χ2v) is 6.04. The number of aryl methyl sites for hydroxylation is 1. The summed E-state index contributed by atoms with van der Waals surface area (Å²) in [5.74, 6) is -1.81. The van der Waals surface area contributed by atoms with Crippen molar-refractivity contribution in [3.63, 3.8) is 0 Å². The van der Waals surface area contributed by atoms with Gasteiger partial charge in [0, 0.05) is 0 Å². The number of rotatable bonds is 3. The summed E-state index contributed by atoms with van der Waals surface area (Å²) in [6.45, 7) is 3.64. The second kappa shape index (κ2) is 6.40. The summed E-state index contributed by atoms with van der Waals surface area (Å²) in [5, 5.41) is 20.5. The first-order chi connectivity index (χ1) is 12.0. The standard InChI is InChI=1S/C21H18O4/c1-3-4-5-8-15(22)18-13-7-6-9-16(23)19(13)21(25)20-14(18)10-12(2)11-17(20)24/h3-11,18,23-24H,1-2H3/b4-3+,8-5-/t18-/m1/s1. The molecule has 2 aromatic carbocycles. The number of fused-ring (bicyclic) bond motifs is 2. The number of carbonyl (C=O) groups excluding carboxylic acids is 2. The lowest BCUT2D eigenvalue weighted by atomic mass is 9.74. The smallest absolute Gasteiger partial charge is 0.201 e. The lowest BCUT2D eigenvalue weighted by Crippen LogP contribution is -2.24. The fourth-order valence-corrected chi connectivity index (χ4v) is 3.27. The maximum Gasteiger partial charge on any atom is 0.201 e. The third kappa shape index (κ3) is 2.76. The largest absolute Gasteiger partial charge is 0.507 e. The van der Waals surface area contributed by atoms with Crippen LogP contribution in [0.25, 0.3) is 0 Å². The number of hydrogen-bond acceptors (Lipinski definition) is 4. The zero-order valence-electron chi connectivity index (χ0n) is 14.0. The maximum atomic E-state index is 12.8. The van der Waals surface area contributed by atoms with Crippen LogP contribution in [0.15, 0.2) is 54.6 Å². The van der Waals surface area contributed by atoms with E-state index in [4.69, 9.17) is 0 Å². The second-order valence-electron chi connectivity index (χ2n) is 6.04. The van der Waals surface area contributed by atoms with Crippen molar-refractivity contribution in [3.05, 3.63) is 82.5 Å². The number of ketones is 2. The van der Waals surface area contributed by atoms with Crippen molar-refractivity contribution in [3.8, 4) is 11.5 Å². The van der Waals surface area contributed by atoms with Crippen LogP contribution in [0.1, 0.15) is 45.5 Å². The summed E-state index contributed by atoms with van der Waals surface area (Å²) in [6.07, 6.45) is 6.62. The Kier molecular flexibility index (Phi) is 4.28. The fourth-order valence-electron chi connectivity index (χ4n) is 3.27. The number of hydrogen-bond donors (Lipinski definition) is 2. The van der Waals surface area contributed by atoms with Gasteiger partial charge in [-0.25, -0.2) is 0 Å². The Bertz CT molecular complexity index is 935. The van der Waals surface area contributed by atoms with Crippen molar-refractivity contribution in [1.82, 2.24) is 0 Å². The third-order valence-corrected chi connectivity index (χ3v) is 4.29. The van der Waals surface area contributed by atoms with Crippen LogP contribution < -0.4 is 0 Å². The minimum absolute atomic E-state index is 0.0759. The number of allylic oxidation sites excluding steroid dienone is 4. The summed E-state index contributed by atoms with van der Waals surface area (Å²) >= 11 is 0. The summed E-state index contributed by atoms with van der Waals surface area (Å²) in [7, 11) is 0. The van der Waals surface area contributed by atoms with Gasteiger partial charge in [-0.05, 0) is 48.7 Å². The van der Waals surface area contributed by atoms with Gasteiger partial charge in [0.2, 0.25) is 5.78 Å². The highest BCUT2D eigenvalue weighted by atomic mass is 16.3. The van der Waals surface area contributed by atoms with Gasteiger partial charge in [-0.1, -0.05) is 36.4 Å². The van der Waals surface area contributed by atoms with E-state index in [9.17, 15) is 19.8 Å². The lowest BCUT2D eigenvalue weighted by molar-refractivity contribution is -0.115. The Hall–Kier alpha value is -3.14. The van der Waals surface area contributed by atoms with E-state index in [1.807, 2.05) is 6.92 Å². The topological polar surface area (TPSA) is 74.6 Å². The van der Waals surface area contributed by atoms with Crippen LogP contribution in [-0.4, -0.2) is 21.8 Å². The molecule has 0 radical (unpaired) electrons. The summed E-state index contributed by atoms with van der Waals surface area (Å²) < 4.78 is 0. The molecule has 2 aromatic rings. The number of phenols is 2. The molecule has 0 spiro atoms. The summed E-state index contributed by atoms with van der Waals surface area (Å²) in [4.78, 5) is 25.7. The zero-order chi connectivity index (χ0) is 18.1. The molecule has 0 fully saturated rings. The average molecular weight is 334 g/mol. The Morgan fingerprint density at radius 2 is 1.76 bits per heavy atom. The molecule has 0 heterocycles. The van der Waals surface area contributed by atoms with Crippen molar-refractivity contribution in [2.24, 2.45) is 0 Å². The Labute approximate surface area is 145 Å². The van der Waals surface area contributed by atoms with E-state index < -0.39 is 11.7 Å². The molecule has 126 valence electrons. The van der Waals surface area contributed by atoms with Crippen molar-refractivity contribution < 1.29 is 19.8 Å². The van der Waals surface area contributed by atoms with Gasteiger partial charge in [-0.3, -0.25) is 9.59 Å². The van der Waals surface area contributed by atoms with Gasteiger partial charge < -0.3 is 10.2 Å². The molecule has 0 saturated heterocycles. The van der Waals surface area contributed by atoms with Gasteiger partial charge in [0.1, 0.15) is 11.5 Å². The SMILES string of the molecule is C/C=C/C=C\C(=O)[C@@H]1c2cccc(O)c2C(=O)c2c(O)cc(C)cc21. The molecule has 0 amide bonds. The van der Waals surface area contributed by atoms with E-state index in [1.165, 1.54) is 18.2 Å². The van der Waals surface area contributed by atoms with E-state index in [1.54, 1.807) is 43.4 Å². The first-order valence-electron chi connectivity index (χ1n) is 7.99. The molecular formula is C21H18O4. The molecule has 1 atom stereocenters. The van der Waals surface area contributed by atoms with Gasteiger partial charge in [0.15, 0.2) is 5.78 Å². The van der Waals surface area contributed by atoms with E-state index in [0.29, 0.717) is 11.1 Å². The minimum atomic E-state index is -0.748. The maximum absolute atomic E-state index is 12.8. The van der Waals surface area contributed by atoms with Crippen molar-refractivity contribution in [1.29, 1.82) is 0 Å². The zero-order valence-corrected chi connectivity index (χ0v) is 14.0. The van der Waals surface area contributed by atoms with E-state index in [0.717, 1.165) is 5.56 Å². The van der Waals surface area contributed by atoms with Crippen LogP contribution in [0.5, 0.6) is 11.5 Å². The number of phenolic OH excluding ortho intramolecular Hbond substituents is 2. The molecule has 0 aromatic heterocycles. The molecule has 0 unspecified atom stereocenters. The van der Waals surface area contributed by atoms with Crippen LogP contribution in [0.4, 0.5) is 0 Å². The lowest BCUT2D eigenvalue weighted by Gasteiger charge is -2.27. The quantitative estimate of drug-likeness (QED) is 0.661. The third-order valence-electron chi connectivity index (χ3n) is 4.29. The van der Waals surface area contributed by atoms with E-state index >= 15 is 0 Å². The molecular weight excluding hydrogens is 316 g/mol. The monoisotopic (exact) mass is 334 g/mol. The molecule has 25 heavy (non-hydrogen) atoms. The average Bonchev–Trinajstić information content (AvgIpc) is 2.54. The Balaban J connectivity index is 2.29. The van der Waals surface area contributed by atoms with Gasteiger partial charge >= 0.3 is 0 Å². The number of aromatic hydroxyl groups is 2. The predicted octanol–water partition coefficient (Wildman–Crippen LogP) is 3.78. The predicted molar refractivity (Wildman–Crippen MR) is 95.2 cm³/mol. The first-order valence-corrected chi connectivity index (χ1v) is 7.99. The number of carbonyl (C=O) groups is 2.